The van der Waals surface area contributed by atoms with Crippen molar-refractivity contribution in [1.29, 1.82) is 0 Å². The van der Waals surface area contributed by atoms with Gasteiger partial charge in [-0.3, -0.25) is 4.68 Å². The van der Waals surface area contributed by atoms with Crippen molar-refractivity contribution in [3.05, 3.63) is 17.0 Å². The predicted octanol–water partition coefficient (Wildman–Crippen LogP) is 2.09. The van der Waals surface area contributed by atoms with Crippen LogP contribution in [0.25, 0.3) is 0 Å². The molecule has 2 fully saturated rings. The Labute approximate surface area is 115 Å². The molecule has 3 heterocycles. The summed E-state index contributed by atoms with van der Waals surface area (Å²) in [4.78, 5) is 0. The minimum Gasteiger partial charge on any atom is -0.381 e. The van der Waals surface area contributed by atoms with Gasteiger partial charge in [0.15, 0.2) is 0 Å². The zero-order valence-electron chi connectivity index (χ0n) is 12.1. The molecule has 1 unspecified atom stereocenters. The molecule has 0 bridgehead atoms. The number of piperidine rings is 1. The SMILES string of the molecule is Cc1c(C2CCOCC2)nn(C)c1C1CCCNC1. The number of hydrogen-bond acceptors (Lipinski definition) is 3. The van der Waals surface area contributed by atoms with E-state index in [0.717, 1.165) is 32.6 Å². The van der Waals surface area contributed by atoms with Gasteiger partial charge >= 0.3 is 0 Å². The van der Waals surface area contributed by atoms with Crippen molar-refractivity contribution < 1.29 is 4.74 Å². The Bertz CT molecular complexity index is 429. The third-order valence-corrected chi connectivity index (χ3v) is 4.67. The maximum absolute atomic E-state index is 5.47. The number of aryl methyl sites for hydroxylation is 1. The fourth-order valence-electron chi connectivity index (χ4n) is 3.68. The average Bonchev–Trinajstić information content (AvgIpc) is 2.76. The zero-order valence-corrected chi connectivity index (χ0v) is 12.1. The normalized spacial score (nSPS) is 25.7. The maximum Gasteiger partial charge on any atom is 0.0689 e. The molecule has 1 aromatic heterocycles. The minimum atomic E-state index is 0.602. The highest BCUT2D eigenvalue weighted by atomic mass is 16.5. The van der Waals surface area contributed by atoms with Crippen LogP contribution in [0, 0.1) is 6.92 Å². The highest BCUT2D eigenvalue weighted by Gasteiger charge is 2.27. The Kier molecular flexibility index (Phi) is 3.89. The van der Waals surface area contributed by atoms with Gasteiger partial charge in [0, 0.05) is 44.3 Å². The van der Waals surface area contributed by atoms with E-state index in [9.17, 15) is 0 Å². The lowest BCUT2D eigenvalue weighted by molar-refractivity contribution is 0.0843. The molecular weight excluding hydrogens is 238 g/mol. The first-order valence-corrected chi connectivity index (χ1v) is 7.59. The predicted molar refractivity (Wildman–Crippen MR) is 75.6 cm³/mol. The van der Waals surface area contributed by atoms with Crippen LogP contribution in [0.1, 0.15) is 54.5 Å². The summed E-state index contributed by atoms with van der Waals surface area (Å²) in [6, 6.07) is 0. The Morgan fingerprint density at radius 2 is 2.00 bits per heavy atom. The van der Waals surface area contributed by atoms with E-state index in [1.165, 1.54) is 36.3 Å². The van der Waals surface area contributed by atoms with Crippen molar-refractivity contribution in [2.45, 2.75) is 44.4 Å². The van der Waals surface area contributed by atoms with Gasteiger partial charge in [-0.2, -0.15) is 5.10 Å². The topological polar surface area (TPSA) is 39.1 Å². The minimum absolute atomic E-state index is 0.602. The molecule has 0 radical (unpaired) electrons. The second-order valence-electron chi connectivity index (χ2n) is 5.95. The van der Waals surface area contributed by atoms with E-state index in [1.54, 1.807) is 0 Å². The second kappa shape index (κ2) is 5.63. The smallest absolute Gasteiger partial charge is 0.0689 e. The lowest BCUT2D eigenvalue weighted by atomic mass is 9.89. The molecule has 0 aliphatic carbocycles. The van der Waals surface area contributed by atoms with E-state index in [0.29, 0.717) is 11.8 Å². The van der Waals surface area contributed by atoms with Gasteiger partial charge in [-0.15, -0.1) is 0 Å². The highest BCUT2D eigenvalue weighted by molar-refractivity contribution is 5.31. The van der Waals surface area contributed by atoms with Crippen LogP contribution >= 0.6 is 0 Å². The Balaban J connectivity index is 1.86. The average molecular weight is 263 g/mol. The molecule has 1 atom stereocenters. The molecule has 0 aromatic carbocycles. The van der Waals surface area contributed by atoms with Crippen molar-refractivity contribution in [3.63, 3.8) is 0 Å². The molecular formula is C15H25N3O. The number of nitrogens with zero attached hydrogens (tertiary/aromatic N) is 2. The van der Waals surface area contributed by atoms with Gasteiger partial charge in [0.05, 0.1) is 5.69 Å². The maximum atomic E-state index is 5.47. The van der Waals surface area contributed by atoms with Crippen molar-refractivity contribution >= 4 is 0 Å². The monoisotopic (exact) mass is 263 g/mol. The van der Waals surface area contributed by atoms with Gasteiger partial charge in [-0.1, -0.05) is 0 Å². The summed E-state index contributed by atoms with van der Waals surface area (Å²) in [5, 5.41) is 8.36. The van der Waals surface area contributed by atoms with Crippen LogP contribution < -0.4 is 5.32 Å². The highest BCUT2D eigenvalue weighted by Crippen LogP contribution is 2.33. The molecule has 2 aliphatic rings. The van der Waals surface area contributed by atoms with Gasteiger partial charge in [0.1, 0.15) is 0 Å². The first-order chi connectivity index (χ1) is 9.27. The summed E-state index contributed by atoms with van der Waals surface area (Å²) < 4.78 is 7.61. The van der Waals surface area contributed by atoms with Crippen LogP contribution in [0.15, 0.2) is 0 Å². The Morgan fingerprint density at radius 3 is 2.68 bits per heavy atom. The van der Waals surface area contributed by atoms with Crippen LogP contribution in [0.3, 0.4) is 0 Å². The van der Waals surface area contributed by atoms with Crippen LogP contribution in [-0.2, 0) is 11.8 Å². The number of hydrogen-bond donors (Lipinski definition) is 1. The second-order valence-corrected chi connectivity index (χ2v) is 5.95. The summed E-state index contributed by atoms with van der Waals surface area (Å²) in [5.41, 5.74) is 4.21. The first kappa shape index (κ1) is 13.1. The Morgan fingerprint density at radius 1 is 1.21 bits per heavy atom. The van der Waals surface area contributed by atoms with Crippen LogP contribution in [0.4, 0.5) is 0 Å². The third-order valence-electron chi connectivity index (χ3n) is 4.67. The van der Waals surface area contributed by atoms with E-state index in [4.69, 9.17) is 9.84 Å². The largest absolute Gasteiger partial charge is 0.381 e. The molecule has 4 heteroatoms. The first-order valence-electron chi connectivity index (χ1n) is 7.59. The molecule has 106 valence electrons. The molecule has 4 nitrogen and oxygen atoms in total. The van der Waals surface area contributed by atoms with Crippen LogP contribution in [0.5, 0.6) is 0 Å². The number of ether oxygens (including phenoxy) is 1. The number of rotatable bonds is 2. The quantitative estimate of drug-likeness (QED) is 0.888. The lowest BCUT2D eigenvalue weighted by Crippen LogP contribution is -2.29. The fraction of sp³-hybridized carbons (Fsp3) is 0.800. The summed E-state index contributed by atoms with van der Waals surface area (Å²) in [6.45, 7) is 6.32. The Hall–Kier alpha value is -0.870. The van der Waals surface area contributed by atoms with Gasteiger partial charge in [0.25, 0.3) is 0 Å². The van der Waals surface area contributed by atoms with Crippen LogP contribution in [-0.4, -0.2) is 36.1 Å². The molecule has 3 rings (SSSR count). The summed E-state index contributed by atoms with van der Waals surface area (Å²) in [7, 11) is 2.11. The van der Waals surface area contributed by atoms with Crippen molar-refractivity contribution in [3.8, 4) is 0 Å². The van der Waals surface area contributed by atoms with Gasteiger partial charge in [-0.25, -0.2) is 0 Å². The number of aromatic nitrogens is 2. The van der Waals surface area contributed by atoms with E-state index >= 15 is 0 Å². The number of nitrogens with one attached hydrogen (secondary N) is 1. The van der Waals surface area contributed by atoms with E-state index in [-0.39, 0.29) is 0 Å². The molecule has 1 N–H and O–H groups in total. The van der Waals surface area contributed by atoms with Crippen molar-refractivity contribution in [2.75, 3.05) is 26.3 Å². The molecule has 19 heavy (non-hydrogen) atoms. The zero-order chi connectivity index (χ0) is 13.2. The van der Waals surface area contributed by atoms with E-state index < -0.39 is 0 Å². The summed E-state index contributed by atoms with van der Waals surface area (Å²) in [5.74, 6) is 1.24. The van der Waals surface area contributed by atoms with Gasteiger partial charge < -0.3 is 10.1 Å². The summed E-state index contributed by atoms with van der Waals surface area (Å²) in [6.07, 6.45) is 4.82. The molecule has 1 aromatic rings. The standard InChI is InChI=1S/C15H25N3O/c1-11-14(12-5-8-19-9-6-12)17-18(2)15(11)13-4-3-7-16-10-13/h12-13,16H,3-10H2,1-2H3. The molecule has 2 saturated heterocycles. The van der Waals surface area contributed by atoms with E-state index in [1.807, 2.05) is 0 Å². The molecule has 0 spiro atoms. The van der Waals surface area contributed by atoms with Gasteiger partial charge in [-0.05, 0) is 44.7 Å². The van der Waals surface area contributed by atoms with Crippen molar-refractivity contribution in [1.82, 2.24) is 15.1 Å². The van der Waals surface area contributed by atoms with Gasteiger partial charge in [0.2, 0.25) is 0 Å². The van der Waals surface area contributed by atoms with Crippen molar-refractivity contribution in [2.24, 2.45) is 7.05 Å². The third kappa shape index (κ3) is 2.56. The summed E-state index contributed by atoms with van der Waals surface area (Å²) >= 11 is 0. The molecule has 0 saturated carbocycles. The van der Waals surface area contributed by atoms with E-state index in [2.05, 4.69) is 24.0 Å². The molecule has 2 aliphatic heterocycles. The fourth-order valence-corrected chi connectivity index (χ4v) is 3.68. The molecule has 0 amide bonds. The lowest BCUT2D eigenvalue weighted by Gasteiger charge is -2.24. The van der Waals surface area contributed by atoms with Crippen LogP contribution in [0.2, 0.25) is 0 Å².